The van der Waals surface area contributed by atoms with Crippen LogP contribution in [0.4, 0.5) is 18.4 Å². The van der Waals surface area contributed by atoms with Crippen LogP contribution in [0.15, 0.2) is 18.2 Å². The maximum atomic E-state index is 13.1. The monoisotopic (exact) mass is 368 g/mol. The largest absolute Gasteiger partial charge is 0.447 e. The van der Waals surface area contributed by atoms with Crippen molar-refractivity contribution in [3.05, 3.63) is 35.4 Å². The second-order valence-corrected chi connectivity index (χ2v) is 7.00. The number of ether oxygens (including phenoxy) is 3. The van der Waals surface area contributed by atoms with Crippen LogP contribution in [0.25, 0.3) is 0 Å². The summed E-state index contributed by atoms with van der Waals surface area (Å²) in [6.07, 6.45) is -0.0453. The molecule has 3 aliphatic rings. The summed E-state index contributed by atoms with van der Waals surface area (Å²) in [6, 6.07) is 3.65. The summed E-state index contributed by atoms with van der Waals surface area (Å²) < 4.78 is 41.8. The molecule has 1 saturated carbocycles. The van der Waals surface area contributed by atoms with Gasteiger partial charge in [0.05, 0.1) is 25.8 Å². The predicted octanol–water partition coefficient (Wildman–Crippen LogP) is 1.94. The Morgan fingerprint density at radius 3 is 2.69 bits per heavy atom. The van der Waals surface area contributed by atoms with E-state index < -0.39 is 29.4 Å². The Balaban J connectivity index is 1.15. The van der Waals surface area contributed by atoms with Gasteiger partial charge >= 0.3 is 12.2 Å². The zero-order valence-corrected chi connectivity index (χ0v) is 13.9. The van der Waals surface area contributed by atoms with Crippen molar-refractivity contribution in [1.29, 1.82) is 0 Å². The number of benzene rings is 1. The average Bonchev–Trinajstić information content (AvgIpc) is 2.93. The number of halogens is 2. The lowest BCUT2D eigenvalue weighted by Gasteiger charge is -2.46. The first kappa shape index (κ1) is 17.0. The lowest BCUT2D eigenvalue weighted by Crippen LogP contribution is -2.70. The third-order valence-corrected chi connectivity index (χ3v) is 4.88. The number of carbonyl (C=O) groups is 2. The van der Waals surface area contributed by atoms with Gasteiger partial charge in [0.25, 0.3) is 0 Å². The number of nitrogens with one attached hydrogen (secondary N) is 1. The van der Waals surface area contributed by atoms with Crippen molar-refractivity contribution < 1.29 is 32.6 Å². The average molecular weight is 368 g/mol. The molecule has 2 aliphatic heterocycles. The molecule has 1 aromatic carbocycles. The summed E-state index contributed by atoms with van der Waals surface area (Å²) in [6.45, 7) is 1.19. The second kappa shape index (κ2) is 6.39. The normalized spacial score (nSPS) is 25.9. The molecule has 2 saturated heterocycles. The van der Waals surface area contributed by atoms with Gasteiger partial charge in [-0.25, -0.2) is 18.4 Å². The van der Waals surface area contributed by atoms with Gasteiger partial charge in [0, 0.05) is 12.8 Å². The molecule has 9 heteroatoms. The molecule has 0 aromatic heterocycles. The van der Waals surface area contributed by atoms with E-state index in [1.54, 1.807) is 0 Å². The summed E-state index contributed by atoms with van der Waals surface area (Å²) in [7, 11) is 0. The molecule has 0 unspecified atom stereocenters. The van der Waals surface area contributed by atoms with Gasteiger partial charge in [0.15, 0.2) is 11.6 Å². The number of hydrogen-bond acceptors (Lipinski definition) is 5. The molecule has 1 aromatic rings. The first-order valence-electron chi connectivity index (χ1n) is 8.38. The van der Waals surface area contributed by atoms with Gasteiger partial charge < -0.3 is 24.4 Å². The second-order valence-electron chi connectivity index (χ2n) is 7.00. The highest BCUT2D eigenvalue weighted by atomic mass is 19.2. The van der Waals surface area contributed by atoms with E-state index in [9.17, 15) is 18.4 Å². The van der Waals surface area contributed by atoms with Gasteiger partial charge in [-0.2, -0.15) is 0 Å². The van der Waals surface area contributed by atoms with Gasteiger partial charge in [-0.15, -0.1) is 0 Å². The van der Waals surface area contributed by atoms with Gasteiger partial charge in [-0.1, -0.05) is 6.07 Å². The Hall–Kier alpha value is -2.42. The van der Waals surface area contributed by atoms with Gasteiger partial charge in [-0.05, 0) is 17.7 Å². The maximum absolute atomic E-state index is 13.1. The molecule has 7 nitrogen and oxygen atoms in total. The number of nitrogens with zero attached hydrogens (tertiary/aromatic N) is 1. The van der Waals surface area contributed by atoms with E-state index in [0.29, 0.717) is 31.5 Å². The Morgan fingerprint density at radius 2 is 2.04 bits per heavy atom. The van der Waals surface area contributed by atoms with Crippen LogP contribution in [-0.2, 0) is 20.8 Å². The van der Waals surface area contributed by atoms with Crippen LogP contribution in [-0.4, -0.2) is 54.5 Å². The van der Waals surface area contributed by atoms with E-state index in [2.05, 4.69) is 5.32 Å². The fourth-order valence-electron chi connectivity index (χ4n) is 3.29. The highest BCUT2D eigenvalue weighted by Crippen LogP contribution is 2.30. The fourth-order valence-corrected chi connectivity index (χ4v) is 3.29. The molecule has 140 valence electrons. The summed E-state index contributed by atoms with van der Waals surface area (Å²) >= 11 is 0. The molecule has 2 amide bonds. The van der Waals surface area contributed by atoms with Crippen molar-refractivity contribution in [2.75, 3.05) is 19.7 Å². The molecule has 0 radical (unpaired) electrons. The Kier molecular flexibility index (Phi) is 4.18. The van der Waals surface area contributed by atoms with Crippen LogP contribution < -0.4 is 5.32 Å². The van der Waals surface area contributed by atoms with Crippen molar-refractivity contribution in [3.8, 4) is 0 Å². The smallest absolute Gasteiger partial charge is 0.410 e. The summed E-state index contributed by atoms with van der Waals surface area (Å²) in [4.78, 5) is 24.6. The molecule has 1 spiro atoms. The summed E-state index contributed by atoms with van der Waals surface area (Å²) in [5.41, 5.74) is 0.0854. The highest BCUT2D eigenvalue weighted by molar-refractivity contribution is 5.74. The van der Waals surface area contributed by atoms with Gasteiger partial charge in [0.1, 0.15) is 18.2 Å². The summed E-state index contributed by atoms with van der Waals surface area (Å²) in [5.74, 6) is -1.79. The number of amides is 2. The molecular formula is C17H18F2N2O5. The number of hydrogen-bond donors (Lipinski definition) is 1. The molecular weight excluding hydrogens is 350 g/mol. The minimum atomic E-state index is -0.900. The summed E-state index contributed by atoms with van der Waals surface area (Å²) in [5, 5.41) is 2.70. The quantitative estimate of drug-likeness (QED) is 0.879. The number of rotatable bonds is 4. The molecule has 4 rings (SSSR count). The Bertz CT molecular complexity index is 732. The van der Waals surface area contributed by atoms with Crippen molar-refractivity contribution in [3.63, 3.8) is 0 Å². The first-order valence-corrected chi connectivity index (χ1v) is 8.38. The number of likely N-dealkylation sites (tertiary alicyclic amines) is 1. The molecule has 2 heterocycles. The Labute approximate surface area is 148 Å². The number of alkyl carbamates (subject to hydrolysis) is 1. The van der Waals surface area contributed by atoms with E-state index in [4.69, 9.17) is 14.2 Å². The van der Waals surface area contributed by atoms with Crippen LogP contribution >= 0.6 is 0 Å². The van der Waals surface area contributed by atoms with Crippen LogP contribution in [0, 0.1) is 11.6 Å². The minimum absolute atomic E-state index is 0.0776. The molecule has 26 heavy (non-hydrogen) atoms. The third kappa shape index (κ3) is 3.31. The Morgan fingerprint density at radius 1 is 1.27 bits per heavy atom. The third-order valence-electron chi connectivity index (χ3n) is 4.88. The zero-order valence-electron chi connectivity index (χ0n) is 13.9. The lowest BCUT2D eigenvalue weighted by molar-refractivity contribution is -0.0928. The lowest BCUT2D eigenvalue weighted by atomic mass is 9.91. The van der Waals surface area contributed by atoms with Gasteiger partial charge in [-0.3, -0.25) is 0 Å². The molecule has 0 atom stereocenters. The van der Waals surface area contributed by atoms with Crippen molar-refractivity contribution in [1.82, 2.24) is 10.2 Å². The SMILES string of the molecule is O=C1NC2(CO1)CN(C(=O)O[C@H]1C[C@@H](OCc3ccc(F)c(F)c3)C1)C2. The standard InChI is InChI=1S/C17H18F2N2O5/c18-13-2-1-10(3-14(13)19)6-24-11-4-12(5-11)26-16(23)21-7-17(8-21)9-25-15(22)20-17/h1-3,11-12H,4-9H2,(H,20,22)/t11-,12+. The maximum Gasteiger partial charge on any atom is 0.410 e. The fraction of sp³-hybridized carbons (Fsp3) is 0.529. The van der Waals surface area contributed by atoms with Crippen molar-refractivity contribution in [2.45, 2.75) is 37.2 Å². The van der Waals surface area contributed by atoms with Crippen molar-refractivity contribution >= 4 is 12.2 Å². The molecule has 1 N–H and O–H groups in total. The number of carbonyl (C=O) groups excluding carboxylic acids is 2. The van der Waals surface area contributed by atoms with Crippen molar-refractivity contribution in [2.24, 2.45) is 0 Å². The molecule has 0 bridgehead atoms. The molecule has 3 fully saturated rings. The van der Waals surface area contributed by atoms with Crippen LogP contribution in [0.5, 0.6) is 0 Å². The molecule has 1 aliphatic carbocycles. The highest BCUT2D eigenvalue weighted by Gasteiger charge is 2.52. The predicted molar refractivity (Wildman–Crippen MR) is 83.2 cm³/mol. The van der Waals surface area contributed by atoms with E-state index in [1.165, 1.54) is 11.0 Å². The van der Waals surface area contributed by atoms with Crippen LogP contribution in [0.2, 0.25) is 0 Å². The minimum Gasteiger partial charge on any atom is -0.447 e. The van der Waals surface area contributed by atoms with E-state index >= 15 is 0 Å². The van der Waals surface area contributed by atoms with E-state index in [1.807, 2.05) is 0 Å². The zero-order chi connectivity index (χ0) is 18.3. The topological polar surface area (TPSA) is 77.1 Å². The van der Waals surface area contributed by atoms with E-state index in [-0.39, 0.29) is 25.4 Å². The van der Waals surface area contributed by atoms with Crippen LogP contribution in [0.3, 0.4) is 0 Å². The number of cyclic esters (lactones) is 1. The van der Waals surface area contributed by atoms with Crippen LogP contribution in [0.1, 0.15) is 18.4 Å². The van der Waals surface area contributed by atoms with Gasteiger partial charge in [0.2, 0.25) is 0 Å². The first-order chi connectivity index (χ1) is 12.4. The van der Waals surface area contributed by atoms with E-state index in [0.717, 1.165) is 12.1 Å².